The fourth-order valence-electron chi connectivity index (χ4n) is 2.33. The fraction of sp³-hybridized carbons (Fsp3) is 0.909. The van der Waals surface area contributed by atoms with Crippen molar-refractivity contribution in [2.45, 2.75) is 6.42 Å². The Morgan fingerprint density at radius 3 is 2.47 bits per heavy atom. The lowest BCUT2D eigenvalue weighted by Gasteiger charge is -2.34. The zero-order valence-corrected chi connectivity index (χ0v) is 9.48. The van der Waals surface area contributed by atoms with E-state index in [0.717, 1.165) is 52.4 Å². The quantitative estimate of drug-likeness (QED) is 0.634. The van der Waals surface area contributed by atoms with Crippen LogP contribution in [0.4, 0.5) is 0 Å². The first-order valence-corrected chi connectivity index (χ1v) is 5.79. The Balaban J connectivity index is 1.71. The molecule has 0 aromatic carbocycles. The highest BCUT2D eigenvalue weighted by Gasteiger charge is 2.24. The minimum Gasteiger partial charge on any atom is -0.304 e. The molecule has 1 atom stereocenters. The summed E-state index contributed by atoms with van der Waals surface area (Å²) in [5, 5.41) is 0. The lowest BCUT2D eigenvalue weighted by atomic mass is 10.1. The molecular weight excluding hydrogens is 190 g/mol. The van der Waals surface area contributed by atoms with Crippen LogP contribution in [0.1, 0.15) is 6.42 Å². The molecule has 0 aromatic rings. The molecule has 0 bridgehead atoms. The van der Waals surface area contributed by atoms with Gasteiger partial charge in [0.25, 0.3) is 0 Å². The molecule has 4 heteroatoms. The summed E-state index contributed by atoms with van der Waals surface area (Å²) < 4.78 is 0. The van der Waals surface area contributed by atoms with Crippen molar-refractivity contribution in [3.05, 3.63) is 0 Å². The summed E-state index contributed by atoms with van der Waals surface area (Å²) >= 11 is 0. The van der Waals surface area contributed by atoms with Crippen molar-refractivity contribution >= 4 is 6.29 Å². The lowest BCUT2D eigenvalue weighted by Crippen LogP contribution is -2.48. The number of nitrogens with zero attached hydrogens (tertiary/aromatic N) is 3. The minimum absolute atomic E-state index is 0.164. The third-order valence-corrected chi connectivity index (χ3v) is 3.43. The van der Waals surface area contributed by atoms with Gasteiger partial charge in [-0.15, -0.1) is 0 Å². The van der Waals surface area contributed by atoms with Crippen LogP contribution < -0.4 is 0 Å². The average molecular weight is 210 g/mol. The molecule has 85 valence electrons. The van der Waals surface area contributed by atoms with Gasteiger partial charge in [0.15, 0.2) is 0 Å². The number of hydrogen-bond donors (Lipinski definition) is 0. The predicted octanol–water partition coefficient (Wildman–Crippen LogP) is -0.377. The van der Waals surface area contributed by atoms with Crippen molar-refractivity contribution in [3.8, 4) is 0 Å². The van der Waals surface area contributed by atoms with Crippen LogP contribution in [0.2, 0.25) is 0 Å². The topological polar surface area (TPSA) is 26.8 Å². The van der Waals surface area contributed by atoms with E-state index in [1.54, 1.807) is 0 Å². The van der Waals surface area contributed by atoms with Gasteiger partial charge in [-0.3, -0.25) is 14.6 Å². The van der Waals surface area contributed by atoms with E-state index in [-0.39, 0.29) is 5.92 Å². The number of likely N-dealkylation sites (tertiary alicyclic amines) is 1. The van der Waals surface area contributed by atoms with Gasteiger partial charge in [0.1, 0.15) is 0 Å². The van der Waals surface area contributed by atoms with Gasteiger partial charge in [0, 0.05) is 45.2 Å². The molecule has 0 N–H and O–H groups in total. The molecule has 0 aromatic heterocycles. The van der Waals surface area contributed by atoms with Crippen LogP contribution in [0.15, 0.2) is 0 Å². The van der Waals surface area contributed by atoms with Crippen LogP contribution >= 0.6 is 0 Å². The van der Waals surface area contributed by atoms with E-state index in [1.807, 2.05) is 0 Å². The average Bonchev–Trinajstić information content (AvgIpc) is 2.69. The Bertz CT molecular complexity index is 214. The smallest absolute Gasteiger partial charge is 0.203 e. The van der Waals surface area contributed by atoms with E-state index in [0.29, 0.717) is 0 Å². The van der Waals surface area contributed by atoms with Gasteiger partial charge < -0.3 is 4.90 Å². The van der Waals surface area contributed by atoms with Crippen molar-refractivity contribution < 1.29 is 4.79 Å². The third-order valence-electron chi connectivity index (χ3n) is 3.43. The second-order valence-electron chi connectivity index (χ2n) is 4.74. The van der Waals surface area contributed by atoms with Crippen molar-refractivity contribution in [3.63, 3.8) is 0 Å². The molecule has 2 heterocycles. The summed E-state index contributed by atoms with van der Waals surface area (Å²) in [5.41, 5.74) is 0. The van der Waals surface area contributed by atoms with Crippen LogP contribution in [0.3, 0.4) is 0 Å². The number of carbonyl (C=O) groups excluding carboxylic acids is 1. The first-order valence-electron chi connectivity index (χ1n) is 5.79. The summed E-state index contributed by atoms with van der Waals surface area (Å²) in [7, 11) is 2.17. The molecule has 2 fully saturated rings. The molecule has 0 spiro atoms. The normalized spacial score (nSPS) is 30.9. The molecule has 2 aliphatic rings. The van der Waals surface area contributed by atoms with Crippen molar-refractivity contribution in [1.82, 2.24) is 14.7 Å². The van der Waals surface area contributed by atoms with Crippen LogP contribution in [0.25, 0.3) is 0 Å². The van der Waals surface area contributed by atoms with Crippen molar-refractivity contribution in [2.75, 3.05) is 53.0 Å². The van der Waals surface area contributed by atoms with Gasteiger partial charge in [0.2, 0.25) is 6.29 Å². The maximum atomic E-state index is 10.5. The monoisotopic (exact) mass is 210 g/mol. The Kier molecular flexibility index (Phi) is 3.72. The molecule has 0 aliphatic carbocycles. The van der Waals surface area contributed by atoms with Crippen molar-refractivity contribution in [2.24, 2.45) is 5.92 Å². The molecule has 0 amide bonds. The van der Waals surface area contributed by atoms with E-state index in [9.17, 15) is 4.79 Å². The summed E-state index contributed by atoms with van der Waals surface area (Å²) in [6.07, 6.45) is 3.12. The first kappa shape index (κ1) is 11.0. The van der Waals surface area contributed by atoms with E-state index in [2.05, 4.69) is 28.0 Å². The Morgan fingerprint density at radius 1 is 1.13 bits per heavy atom. The van der Waals surface area contributed by atoms with Crippen molar-refractivity contribution in [1.29, 1.82) is 0 Å². The van der Waals surface area contributed by atoms with Crippen LogP contribution in [-0.4, -0.2) is 74.0 Å². The number of rotatable bonds is 3. The van der Waals surface area contributed by atoms with Crippen LogP contribution in [0.5, 0.6) is 0 Å². The molecule has 1 radical (unpaired) electrons. The van der Waals surface area contributed by atoms with E-state index < -0.39 is 0 Å². The minimum atomic E-state index is 0.164. The highest BCUT2D eigenvalue weighted by molar-refractivity contribution is 5.55. The van der Waals surface area contributed by atoms with Gasteiger partial charge >= 0.3 is 0 Å². The van der Waals surface area contributed by atoms with Crippen LogP contribution in [-0.2, 0) is 4.79 Å². The van der Waals surface area contributed by atoms with E-state index in [1.165, 1.54) is 0 Å². The molecule has 2 saturated heterocycles. The zero-order valence-electron chi connectivity index (χ0n) is 9.48. The molecule has 2 rings (SSSR count). The largest absolute Gasteiger partial charge is 0.304 e. The zero-order chi connectivity index (χ0) is 10.7. The maximum absolute atomic E-state index is 10.5. The number of piperazine rings is 1. The second kappa shape index (κ2) is 5.05. The summed E-state index contributed by atoms with van der Waals surface area (Å²) in [6.45, 7) is 7.65. The Labute approximate surface area is 91.8 Å². The lowest BCUT2D eigenvalue weighted by molar-refractivity contribution is 0.0950. The highest BCUT2D eigenvalue weighted by Crippen LogP contribution is 2.14. The standard InChI is InChI=1S/C11H20N3O/c1-12-4-6-13(7-5-12)10-14-3-2-11(8-14)9-15/h11H,2-8,10H2,1H3. The molecule has 2 aliphatic heterocycles. The summed E-state index contributed by atoms with van der Waals surface area (Å²) in [6, 6.07) is 0. The van der Waals surface area contributed by atoms with Gasteiger partial charge in [0.05, 0.1) is 6.67 Å². The van der Waals surface area contributed by atoms with Crippen LogP contribution in [0, 0.1) is 5.92 Å². The molecule has 4 nitrogen and oxygen atoms in total. The molecule has 0 saturated carbocycles. The summed E-state index contributed by atoms with van der Waals surface area (Å²) in [4.78, 5) is 17.7. The van der Waals surface area contributed by atoms with E-state index >= 15 is 0 Å². The van der Waals surface area contributed by atoms with Gasteiger partial charge in [-0.2, -0.15) is 0 Å². The molecule has 15 heavy (non-hydrogen) atoms. The fourth-order valence-corrected chi connectivity index (χ4v) is 2.33. The van der Waals surface area contributed by atoms with Gasteiger partial charge in [-0.25, -0.2) is 0 Å². The second-order valence-corrected chi connectivity index (χ2v) is 4.74. The first-order chi connectivity index (χ1) is 7.28. The highest BCUT2D eigenvalue weighted by atomic mass is 16.1. The maximum Gasteiger partial charge on any atom is 0.203 e. The SMILES string of the molecule is CN1CCN(CN2CCC([C]=O)C2)CC1. The number of hydrogen-bond acceptors (Lipinski definition) is 4. The molecule has 1 unspecified atom stereocenters. The predicted molar refractivity (Wildman–Crippen MR) is 59.3 cm³/mol. The van der Waals surface area contributed by atoms with Gasteiger partial charge in [-0.05, 0) is 13.5 Å². The van der Waals surface area contributed by atoms with Gasteiger partial charge in [-0.1, -0.05) is 0 Å². The third kappa shape index (κ3) is 3.00. The summed E-state index contributed by atoms with van der Waals surface area (Å²) in [5.74, 6) is 0.164. The number of likely N-dealkylation sites (N-methyl/N-ethyl adjacent to an activating group) is 1. The Hall–Kier alpha value is -0.450. The van der Waals surface area contributed by atoms with E-state index in [4.69, 9.17) is 0 Å². The Morgan fingerprint density at radius 2 is 1.87 bits per heavy atom. The molecular formula is C11H20N3O.